The van der Waals surface area contributed by atoms with Crippen molar-refractivity contribution < 1.29 is 9.18 Å². The maximum absolute atomic E-state index is 13.2. The molecule has 3 rings (SSSR count). The Morgan fingerprint density at radius 2 is 1.78 bits per heavy atom. The van der Waals surface area contributed by atoms with Crippen LogP contribution >= 0.6 is 11.6 Å². The highest BCUT2D eigenvalue weighted by molar-refractivity contribution is 6.31. The van der Waals surface area contributed by atoms with Crippen LogP contribution in [0.1, 0.15) is 5.56 Å². The van der Waals surface area contributed by atoms with Crippen molar-refractivity contribution in [1.82, 2.24) is 9.80 Å². The summed E-state index contributed by atoms with van der Waals surface area (Å²) in [5, 5.41) is 2.77. The average Bonchev–Trinajstić information content (AvgIpc) is 2.67. The van der Waals surface area contributed by atoms with Gasteiger partial charge >= 0.3 is 0 Å². The number of carbonyl (C=O) groups excluding carboxylic acids is 1. The first-order chi connectivity index (χ1) is 13.1. The van der Waals surface area contributed by atoms with Gasteiger partial charge in [-0.2, -0.15) is 0 Å². The van der Waals surface area contributed by atoms with Crippen molar-refractivity contribution in [2.24, 2.45) is 0 Å². The number of hydrogen-bond donors (Lipinski definition) is 1. The lowest BCUT2D eigenvalue weighted by molar-refractivity contribution is -0.117. The van der Waals surface area contributed by atoms with E-state index in [2.05, 4.69) is 39.4 Å². The highest BCUT2D eigenvalue weighted by atomic mass is 35.5. The van der Waals surface area contributed by atoms with Gasteiger partial charge in [-0.1, -0.05) is 54.1 Å². The zero-order valence-corrected chi connectivity index (χ0v) is 15.8. The number of carbonyl (C=O) groups is 1. The molecule has 0 spiro atoms. The average molecular weight is 388 g/mol. The van der Waals surface area contributed by atoms with Crippen LogP contribution in [-0.2, 0) is 4.79 Å². The molecule has 1 amide bonds. The number of halogens is 2. The number of nitrogens with one attached hydrogen (secondary N) is 1. The van der Waals surface area contributed by atoms with Gasteiger partial charge in [-0.25, -0.2) is 4.39 Å². The van der Waals surface area contributed by atoms with Crippen LogP contribution in [0.3, 0.4) is 0 Å². The van der Waals surface area contributed by atoms with Crippen molar-refractivity contribution in [2.75, 3.05) is 44.6 Å². The van der Waals surface area contributed by atoms with E-state index in [1.807, 2.05) is 18.2 Å². The minimum absolute atomic E-state index is 0.00460. The fourth-order valence-corrected chi connectivity index (χ4v) is 3.19. The van der Waals surface area contributed by atoms with Gasteiger partial charge in [-0.05, 0) is 23.8 Å². The van der Waals surface area contributed by atoms with Crippen molar-refractivity contribution in [3.63, 3.8) is 0 Å². The molecule has 27 heavy (non-hydrogen) atoms. The highest BCUT2D eigenvalue weighted by Crippen LogP contribution is 2.19. The number of rotatable bonds is 6. The summed E-state index contributed by atoms with van der Waals surface area (Å²) in [5.41, 5.74) is 1.71. The summed E-state index contributed by atoms with van der Waals surface area (Å²) >= 11 is 5.74. The molecule has 0 atom stereocenters. The van der Waals surface area contributed by atoms with Crippen LogP contribution in [0, 0.1) is 5.82 Å². The van der Waals surface area contributed by atoms with E-state index in [-0.39, 0.29) is 10.9 Å². The molecule has 0 aliphatic carbocycles. The first kappa shape index (κ1) is 19.5. The summed E-state index contributed by atoms with van der Waals surface area (Å²) in [7, 11) is 0. The molecule has 0 bridgehead atoms. The highest BCUT2D eigenvalue weighted by Gasteiger charge is 2.18. The molecule has 1 N–H and O–H groups in total. The molecule has 1 fully saturated rings. The molecule has 6 heteroatoms. The second kappa shape index (κ2) is 9.65. The third-order valence-corrected chi connectivity index (χ3v) is 4.80. The lowest BCUT2D eigenvalue weighted by Gasteiger charge is -2.33. The molecule has 1 saturated heterocycles. The van der Waals surface area contributed by atoms with Gasteiger partial charge in [0.15, 0.2) is 0 Å². The van der Waals surface area contributed by atoms with Gasteiger partial charge < -0.3 is 5.32 Å². The molecule has 0 aromatic heterocycles. The molecule has 0 unspecified atom stereocenters. The van der Waals surface area contributed by atoms with Gasteiger partial charge in [0.25, 0.3) is 0 Å². The van der Waals surface area contributed by atoms with Crippen LogP contribution < -0.4 is 5.32 Å². The van der Waals surface area contributed by atoms with Gasteiger partial charge in [0.05, 0.1) is 11.6 Å². The molecule has 2 aromatic rings. The molecule has 2 aromatic carbocycles. The van der Waals surface area contributed by atoms with E-state index in [9.17, 15) is 9.18 Å². The monoisotopic (exact) mass is 387 g/mol. The van der Waals surface area contributed by atoms with Crippen molar-refractivity contribution in [2.45, 2.75) is 0 Å². The van der Waals surface area contributed by atoms with Crippen molar-refractivity contribution in [3.05, 3.63) is 71.0 Å². The maximum atomic E-state index is 13.2. The topological polar surface area (TPSA) is 35.6 Å². The van der Waals surface area contributed by atoms with Crippen molar-refractivity contribution >= 4 is 29.3 Å². The van der Waals surface area contributed by atoms with Gasteiger partial charge in [-0.15, -0.1) is 0 Å². The molecular formula is C21H23ClFN3O. The Kier molecular flexibility index (Phi) is 6.98. The number of hydrogen-bond acceptors (Lipinski definition) is 3. The summed E-state index contributed by atoms with van der Waals surface area (Å²) in [4.78, 5) is 16.7. The Bertz CT molecular complexity index is 789. The SMILES string of the molecule is O=C(CN1CCN(CC=Cc2ccccc2)CC1)Nc1ccc(F)c(Cl)c1. The van der Waals surface area contributed by atoms with Crippen LogP contribution in [0.2, 0.25) is 5.02 Å². The van der Waals surface area contributed by atoms with Gasteiger partial charge in [0, 0.05) is 38.4 Å². The zero-order valence-electron chi connectivity index (χ0n) is 15.1. The summed E-state index contributed by atoms with van der Waals surface area (Å²) in [5.74, 6) is -0.609. The van der Waals surface area contributed by atoms with E-state index in [0.717, 1.165) is 32.7 Å². The summed E-state index contributed by atoms with van der Waals surface area (Å²) in [6.07, 6.45) is 4.31. The third kappa shape index (κ3) is 6.17. The fourth-order valence-electron chi connectivity index (χ4n) is 3.01. The summed E-state index contributed by atoms with van der Waals surface area (Å²) in [6, 6.07) is 14.4. The van der Waals surface area contributed by atoms with E-state index in [1.165, 1.54) is 23.8 Å². The molecule has 142 valence electrons. The minimum atomic E-state index is -0.493. The zero-order chi connectivity index (χ0) is 19.1. The van der Waals surface area contributed by atoms with Crippen LogP contribution in [-0.4, -0.2) is 55.0 Å². The number of benzene rings is 2. The minimum Gasteiger partial charge on any atom is -0.325 e. The second-order valence-corrected chi connectivity index (χ2v) is 6.97. The lowest BCUT2D eigenvalue weighted by atomic mass is 10.2. The smallest absolute Gasteiger partial charge is 0.238 e. The van der Waals surface area contributed by atoms with Gasteiger partial charge in [0.2, 0.25) is 5.91 Å². The van der Waals surface area contributed by atoms with Crippen molar-refractivity contribution in [1.29, 1.82) is 0 Å². The number of piperazine rings is 1. The van der Waals surface area contributed by atoms with E-state index < -0.39 is 5.82 Å². The largest absolute Gasteiger partial charge is 0.325 e. The standard InChI is InChI=1S/C21H23ClFN3O/c22-19-15-18(8-9-20(19)23)24-21(27)16-26-13-11-25(12-14-26)10-4-7-17-5-2-1-3-6-17/h1-9,15H,10-14,16H2,(H,24,27). The number of amides is 1. The van der Waals surface area contributed by atoms with E-state index in [0.29, 0.717) is 12.2 Å². The van der Waals surface area contributed by atoms with Crippen LogP contribution in [0.15, 0.2) is 54.6 Å². The lowest BCUT2D eigenvalue weighted by Crippen LogP contribution is -2.48. The van der Waals surface area contributed by atoms with Crippen LogP contribution in [0.5, 0.6) is 0 Å². The molecule has 0 saturated carbocycles. The first-order valence-electron chi connectivity index (χ1n) is 9.01. The fraction of sp³-hybridized carbons (Fsp3) is 0.286. The number of anilines is 1. The first-order valence-corrected chi connectivity index (χ1v) is 9.39. The number of nitrogens with zero attached hydrogens (tertiary/aromatic N) is 2. The Morgan fingerprint density at radius 3 is 2.48 bits per heavy atom. The predicted octanol–water partition coefficient (Wildman–Crippen LogP) is 3.75. The molecule has 1 aliphatic rings. The van der Waals surface area contributed by atoms with Crippen LogP contribution in [0.25, 0.3) is 6.08 Å². The summed E-state index contributed by atoms with van der Waals surface area (Å²) < 4.78 is 13.2. The van der Waals surface area contributed by atoms with E-state index >= 15 is 0 Å². The normalized spacial score (nSPS) is 15.9. The molecule has 1 aliphatic heterocycles. The molecule has 0 radical (unpaired) electrons. The van der Waals surface area contributed by atoms with E-state index in [4.69, 9.17) is 11.6 Å². The van der Waals surface area contributed by atoms with Crippen LogP contribution in [0.4, 0.5) is 10.1 Å². The maximum Gasteiger partial charge on any atom is 0.238 e. The third-order valence-electron chi connectivity index (χ3n) is 4.51. The quantitative estimate of drug-likeness (QED) is 0.820. The van der Waals surface area contributed by atoms with Gasteiger partial charge in [0.1, 0.15) is 5.82 Å². The Labute approximate surface area is 164 Å². The summed E-state index contributed by atoms with van der Waals surface area (Å²) in [6.45, 7) is 4.77. The Balaban J connectivity index is 1.39. The molecular weight excluding hydrogens is 365 g/mol. The second-order valence-electron chi connectivity index (χ2n) is 6.57. The van der Waals surface area contributed by atoms with Crippen molar-refractivity contribution in [3.8, 4) is 0 Å². The Hall–Kier alpha value is -2.21. The molecule has 1 heterocycles. The predicted molar refractivity (Wildman–Crippen MR) is 108 cm³/mol. The Morgan fingerprint density at radius 1 is 1.07 bits per heavy atom. The van der Waals surface area contributed by atoms with Gasteiger partial charge in [-0.3, -0.25) is 14.6 Å². The van der Waals surface area contributed by atoms with E-state index in [1.54, 1.807) is 0 Å². The molecule has 4 nitrogen and oxygen atoms in total.